The highest BCUT2D eigenvalue weighted by Gasteiger charge is 2.48. The number of hydrogen-bond donors (Lipinski definition) is 1. The molecule has 0 spiro atoms. The van der Waals surface area contributed by atoms with Gasteiger partial charge in [-0.1, -0.05) is 83.1 Å². The van der Waals surface area contributed by atoms with Crippen LogP contribution in [0, 0.1) is 6.92 Å². The maximum atomic E-state index is 13.5. The Hall–Kier alpha value is -4.46. The van der Waals surface area contributed by atoms with E-state index in [0.29, 0.717) is 38.3 Å². The molecule has 1 unspecified atom stereocenters. The normalized spacial score (nSPS) is 16.7. The first kappa shape index (κ1) is 24.9. The zero-order valence-electron chi connectivity index (χ0n) is 20.7. The molecule has 192 valence electrons. The molecule has 0 saturated carbocycles. The average Bonchev–Trinajstić information content (AvgIpc) is 3.47. The summed E-state index contributed by atoms with van der Waals surface area (Å²) in [6, 6.07) is 27.9. The number of carbonyl (C=O) groups excluding carboxylic acids is 2. The number of Topliss-reactive ketones (excluding diaryl/α,β-unsaturated/α-hetero) is 1. The van der Waals surface area contributed by atoms with Crippen molar-refractivity contribution in [3.63, 3.8) is 0 Å². The number of ether oxygens (including phenoxy) is 1. The number of aromatic nitrogens is 1. The van der Waals surface area contributed by atoms with Crippen molar-refractivity contribution in [3.8, 4) is 11.5 Å². The number of halogens is 1. The van der Waals surface area contributed by atoms with Crippen molar-refractivity contribution < 1.29 is 19.4 Å². The van der Waals surface area contributed by atoms with E-state index in [-0.39, 0.29) is 11.3 Å². The van der Waals surface area contributed by atoms with Gasteiger partial charge in [0.05, 0.1) is 21.8 Å². The molecular formula is C31H21ClN2O4S. The highest BCUT2D eigenvalue weighted by Crippen LogP contribution is 2.45. The predicted octanol–water partition coefficient (Wildman–Crippen LogP) is 7.68. The monoisotopic (exact) mass is 552 g/mol. The fourth-order valence-electron chi connectivity index (χ4n) is 4.57. The van der Waals surface area contributed by atoms with Crippen molar-refractivity contribution in [2.45, 2.75) is 13.0 Å². The Bertz CT molecular complexity index is 1760. The maximum Gasteiger partial charge on any atom is 0.301 e. The van der Waals surface area contributed by atoms with Crippen LogP contribution in [0.15, 0.2) is 103 Å². The lowest BCUT2D eigenvalue weighted by Gasteiger charge is -2.23. The largest absolute Gasteiger partial charge is 0.507 e. The molecule has 1 amide bonds. The summed E-state index contributed by atoms with van der Waals surface area (Å²) >= 11 is 7.43. The number of thiazole rings is 1. The van der Waals surface area contributed by atoms with Crippen LogP contribution in [0.3, 0.4) is 0 Å². The first-order valence-corrected chi connectivity index (χ1v) is 13.4. The number of amides is 1. The molecule has 39 heavy (non-hydrogen) atoms. The van der Waals surface area contributed by atoms with Gasteiger partial charge >= 0.3 is 5.91 Å². The summed E-state index contributed by atoms with van der Waals surface area (Å²) < 4.78 is 6.81. The van der Waals surface area contributed by atoms with Crippen LogP contribution >= 0.6 is 22.9 Å². The van der Waals surface area contributed by atoms with Crippen LogP contribution in [0.4, 0.5) is 5.13 Å². The first-order chi connectivity index (χ1) is 18.9. The lowest BCUT2D eigenvalue weighted by atomic mass is 9.95. The van der Waals surface area contributed by atoms with Crippen molar-refractivity contribution in [1.82, 2.24) is 4.98 Å². The quantitative estimate of drug-likeness (QED) is 0.137. The van der Waals surface area contributed by atoms with Gasteiger partial charge in [-0.15, -0.1) is 0 Å². The summed E-state index contributed by atoms with van der Waals surface area (Å²) in [4.78, 5) is 33.1. The molecule has 8 heteroatoms. The number of benzene rings is 4. The standard InChI is InChI=1S/C31H21ClN2O4S/c1-18-10-12-19(13-11-18)28(35)26-27(20-6-5-9-23(16-20)38-22-7-3-2-4-8-22)34(30(37)29(26)36)31-33-24-15-14-21(32)17-25(24)39-31/h2-17,27,35H,1H3/b28-26+. The Labute approximate surface area is 233 Å². The van der Waals surface area contributed by atoms with Gasteiger partial charge in [0.1, 0.15) is 17.3 Å². The molecule has 2 heterocycles. The molecule has 1 saturated heterocycles. The van der Waals surface area contributed by atoms with Crippen LogP contribution in [0.5, 0.6) is 11.5 Å². The molecule has 0 aliphatic carbocycles. The number of para-hydroxylation sites is 1. The number of aliphatic hydroxyl groups is 1. The van der Waals surface area contributed by atoms with Crippen LogP contribution in [-0.4, -0.2) is 21.8 Å². The van der Waals surface area contributed by atoms with E-state index in [9.17, 15) is 14.7 Å². The van der Waals surface area contributed by atoms with E-state index in [2.05, 4.69) is 4.98 Å². The van der Waals surface area contributed by atoms with Gasteiger partial charge in [-0.05, 0) is 55.0 Å². The number of ketones is 1. The van der Waals surface area contributed by atoms with Crippen molar-refractivity contribution in [3.05, 3.63) is 124 Å². The van der Waals surface area contributed by atoms with Crippen LogP contribution in [0.2, 0.25) is 5.02 Å². The van der Waals surface area contributed by atoms with Gasteiger partial charge < -0.3 is 9.84 Å². The van der Waals surface area contributed by atoms with Gasteiger partial charge in [-0.25, -0.2) is 4.98 Å². The number of carbonyl (C=O) groups is 2. The minimum atomic E-state index is -0.929. The molecule has 1 aromatic heterocycles. The third-order valence-electron chi connectivity index (χ3n) is 6.47. The van der Waals surface area contributed by atoms with Crippen LogP contribution < -0.4 is 9.64 Å². The summed E-state index contributed by atoms with van der Waals surface area (Å²) in [6.45, 7) is 1.93. The van der Waals surface area contributed by atoms with E-state index >= 15 is 0 Å². The Kier molecular flexibility index (Phi) is 6.38. The van der Waals surface area contributed by atoms with Gasteiger partial charge in [0.15, 0.2) is 5.13 Å². The van der Waals surface area contributed by atoms with Crippen LogP contribution in [-0.2, 0) is 9.59 Å². The topological polar surface area (TPSA) is 79.7 Å². The SMILES string of the molecule is Cc1ccc(/C(O)=C2\C(=O)C(=O)N(c3nc4ccc(Cl)cc4s3)C2c2cccc(Oc3ccccc3)c2)cc1. The molecule has 1 aliphatic rings. The van der Waals surface area contributed by atoms with E-state index in [1.54, 1.807) is 54.6 Å². The second-order valence-corrected chi connectivity index (χ2v) is 10.6. The van der Waals surface area contributed by atoms with E-state index in [1.807, 2.05) is 49.4 Å². The van der Waals surface area contributed by atoms with Crippen LogP contribution in [0.25, 0.3) is 16.0 Å². The zero-order chi connectivity index (χ0) is 27.1. The van der Waals surface area contributed by atoms with Gasteiger partial charge in [-0.3, -0.25) is 14.5 Å². The zero-order valence-corrected chi connectivity index (χ0v) is 22.2. The van der Waals surface area contributed by atoms with Crippen molar-refractivity contribution in [1.29, 1.82) is 0 Å². The van der Waals surface area contributed by atoms with Crippen LogP contribution in [0.1, 0.15) is 22.7 Å². The third-order valence-corrected chi connectivity index (χ3v) is 7.72. The second-order valence-electron chi connectivity index (χ2n) is 9.13. The molecular weight excluding hydrogens is 532 g/mol. The lowest BCUT2D eigenvalue weighted by Crippen LogP contribution is -2.29. The van der Waals surface area contributed by atoms with E-state index in [1.165, 1.54) is 16.2 Å². The van der Waals surface area contributed by atoms with Gasteiger partial charge in [-0.2, -0.15) is 0 Å². The molecule has 0 radical (unpaired) electrons. The number of aliphatic hydroxyl groups excluding tert-OH is 1. The van der Waals surface area contributed by atoms with Crippen molar-refractivity contribution in [2.24, 2.45) is 0 Å². The first-order valence-electron chi connectivity index (χ1n) is 12.2. The Morgan fingerprint density at radius 2 is 1.67 bits per heavy atom. The molecule has 1 aliphatic heterocycles. The Morgan fingerprint density at radius 1 is 0.923 bits per heavy atom. The Balaban J connectivity index is 1.52. The predicted molar refractivity (Wildman–Crippen MR) is 154 cm³/mol. The second kappa shape index (κ2) is 10.0. The summed E-state index contributed by atoms with van der Waals surface area (Å²) in [5.74, 6) is -0.639. The lowest BCUT2D eigenvalue weighted by molar-refractivity contribution is -0.132. The molecule has 1 atom stereocenters. The minimum Gasteiger partial charge on any atom is -0.507 e. The maximum absolute atomic E-state index is 13.5. The molecule has 4 aromatic carbocycles. The minimum absolute atomic E-state index is 0.0157. The molecule has 0 bridgehead atoms. The summed E-state index contributed by atoms with van der Waals surface area (Å²) in [6.07, 6.45) is 0. The molecule has 1 N–H and O–H groups in total. The summed E-state index contributed by atoms with van der Waals surface area (Å²) in [7, 11) is 0. The summed E-state index contributed by atoms with van der Waals surface area (Å²) in [5, 5.41) is 12.3. The van der Waals surface area contributed by atoms with E-state index < -0.39 is 17.7 Å². The fourth-order valence-corrected chi connectivity index (χ4v) is 5.84. The Morgan fingerprint density at radius 3 is 2.44 bits per heavy atom. The molecule has 1 fully saturated rings. The third kappa shape index (κ3) is 4.67. The number of nitrogens with zero attached hydrogens (tertiary/aromatic N) is 2. The fraction of sp³-hybridized carbons (Fsp3) is 0.0645. The molecule has 6 rings (SSSR count). The van der Waals surface area contributed by atoms with Gasteiger partial charge in [0, 0.05) is 10.6 Å². The van der Waals surface area contributed by atoms with E-state index in [4.69, 9.17) is 16.3 Å². The number of anilines is 1. The van der Waals surface area contributed by atoms with Crippen molar-refractivity contribution in [2.75, 3.05) is 4.90 Å². The number of hydrogen-bond acceptors (Lipinski definition) is 6. The molecule has 5 aromatic rings. The number of fused-ring (bicyclic) bond motifs is 1. The van der Waals surface area contributed by atoms with E-state index in [0.717, 1.165) is 10.3 Å². The number of aryl methyl sites for hydroxylation is 1. The number of rotatable bonds is 5. The van der Waals surface area contributed by atoms with Crippen molar-refractivity contribution >= 4 is 55.7 Å². The molecule has 6 nitrogen and oxygen atoms in total. The smallest absolute Gasteiger partial charge is 0.301 e. The average molecular weight is 553 g/mol. The van der Waals surface area contributed by atoms with Gasteiger partial charge in [0.2, 0.25) is 0 Å². The highest BCUT2D eigenvalue weighted by atomic mass is 35.5. The van der Waals surface area contributed by atoms with Gasteiger partial charge in [0.25, 0.3) is 5.78 Å². The highest BCUT2D eigenvalue weighted by molar-refractivity contribution is 7.22. The summed E-state index contributed by atoms with van der Waals surface area (Å²) in [5.41, 5.74) is 2.67.